The topological polar surface area (TPSA) is 58.6 Å². The molecule has 5 nitrogen and oxygen atoms in total. The fourth-order valence-electron chi connectivity index (χ4n) is 2.39. The Bertz CT molecular complexity index is 548. The fraction of sp³-hybridized carbons (Fsp3) is 0.467. The molecule has 1 aliphatic rings. The number of piperidine rings is 1. The van der Waals surface area contributed by atoms with Crippen LogP contribution in [0.15, 0.2) is 18.2 Å². The summed E-state index contributed by atoms with van der Waals surface area (Å²) in [6, 6.07) is 5.16. The number of ether oxygens (including phenoxy) is 1. The lowest BCUT2D eigenvalue weighted by molar-refractivity contribution is -0.146. The predicted molar refractivity (Wildman–Crippen MR) is 81.5 cm³/mol. The molecule has 0 saturated carbocycles. The van der Waals surface area contributed by atoms with Crippen LogP contribution in [0.1, 0.15) is 18.4 Å². The maximum absolute atomic E-state index is 12.2. The summed E-state index contributed by atoms with van der Waals surface area (Å²) in [7, 11) is 1.37. The Labute approximate surface area is 129 Å². The summed E-state index contributed by atoms with van der Waals surface area (Å²) >= 11 is 6.04. The van der Waals surface area contributed by atoms with Crippen LogP contribution in [-0.4, -0.2) is 37.1 Å². The molecule has 6 heteroatoms. The molecule has 1 unspecified atom stereocenters. The van der Waals surface area contributed by atoms with Crippen molar-refractivity contribution < 1.29 is 14.3 Å². The predicted octanol–water partition coefficient (Wildman–Crippen LogP) is 3.07. The number of methoxy groups -OCH3 is 1. The summed E-state index contributed by atoms with van der Waals surface area (Å²) in [5.74, 6) is -0.498. The van der Waals surface area contributed by atoms with Crippen LogP contribution in [0.3, 0.4) is 0 Å². The van der Waals surface area contributed by atoms with Crippen molar-refractivity contribution in [2.24, 2.45) is 5.92 Å². The molecule has 0 radical (unpaired) electrons. The van der Waals surface area contributed by atoms with E-state index in [-0.39, 0.29) is 17.9 Å². The quantitative estimate of drug-likeness (QED) is 0.854. The standard InChI is InChI=1S/C15H19ClN2O3/c1-10-5-6-12(8-13(10)16)17-15(20)18-7-3-4-11(9-18)14(19)21-2/h5-6,8,11H,3-4,7,9H2,1-2H3,(H,17,20). The molecular formula is C15H19ClN2O3. The molecule has 2 rings (SSSR count). The monoisotopic (exact) mass is 310 g/mol. The number of carbonyl (C=O) groups is 2. The molecule has 1 fully saturated rings. The Morgan fingerprint density at radius 3 is 2.86 bits per heavy atom. The van der Waals surface area contributed by atoms with E-state index in [0.29, 0.717) is 23.8 Å². The van der Waals surface area contributed by atoms with Gasteiger partial charge in [-0.3, -0.25) is 4.79 Å². The second-order valence-corrected chi connectivity index (χ2v) is 5.61. The molecule has 1 aromatic rings. The molecule has 114 valence electrons. The first kappa shape index (κ1) is 15.6. The van der Waals surface area contributed by atoms with Gasteiger partial charge >= 0.3 is 12.0 Å². The van der Waals surface area contributed by atoms with Crippen molar-refractivity contribution in [2.75, 3.05) is 25.5 Å². The Hall–Kier alpha value is -1.75. The Balaban J connectivity index is 1.99. The minimum absolute atomic E-state index is 0.219. The van der Waals surface area contributed by atoms with Gasteiger partial charge in [0.2, 0.25) is 0 Å². The van der Waals surface area contributed by atoms with Crippen molar-refractivity contribution in [3.63, 3.8) is 0 Å². The average molecular weight is 311 g/mol. The van der Waals surface area contributed by atoms with Crippen LogP contribution >= 0.6 is 11.6 Å². The molecule has 1 saturated heterocycles. The number of hydrogen-bond donors (Lipinski definition) is 1. The van der Waals surface area contributed by atoms with E-state index in [1.807, 2.05) is 13.0 Å². The molecule has 0 aromatic heterocycles. The number of likely N-dealkylation sites (tertiary alicyclic amines) is 1. The van der Waals surface area contributed by atoms with E-state index in [1.165, 1.54) is 7.11 Å². The van der Waals surface area contributed by atoms with Gasteiger partial charge in [0.15, 0.2) is 0 Å². The summed E-state index contributed by atoms with van der Waals surface area (Å²) in [6.45, 7) is 2.93. The number of nitrogens with zero attached hydrogens (tertiary/aromatic N) is 1. The van der Waals surface area contributed by atoms with E-state index in [4.69, 9.17) is 16.3 Å². The summed E-state index contributed by atoms with van der Waals surface area (Å²) in [6.07, 6.45) is 1.55. The van der Waals surface area contributed by atoms with Crippen LogP contribution in [-0.2, 0) is 9.53 Å². The second kappa shape index (κ2) is 6.80. The van der Waals surface area contributed by atoms with Gasteiger partial charge in [-0.05, 0) is 37.5 Å². The number of hydrogen-bond acceptors (Lipinski definition) is 3. The summed E-state index contributed by atoms with van der Waals surface area (Å²) in [5, 5.41) is 3.42. The van der Waals surface area contributed by atoms with Gasteiger partial charge in [0.05, 0.1) is 13.0 Å². The van der Waals surface area contributed by atoms with Gasteiger partial charge in [-0.1, -0.05) is 17.7 Å². The molecule has 0 bridgehead atoms. The number of nitrogens with one attached hydrogen (secondary N) is 1. The first-order valence-electron chi connectivity index (χ1n) is 6.91. The third-order valence-corrected chi connectivity index (χ3v) is 4.07. The number of aryl methyl sites for hydroxylation is 1. The van der Waals surface area contributed by atoms with Crippen LogP contribution in [0.25, 0.3) is 0 Å². The maximum atomic E-state index is 12.2. The lowest BCUT2D eigenvalue weighted by atomic mass is 9.98. The lowest BCUT2D eigenvalue weighted by Gasteiger charge is -2.31. The molecule has 1 N–H and O–H groups in total. The van der Waals surface area contributed by atoms with Crippen molar-refractivity contribution in [3.05, 3.63) is 28.8 Å². The molecular weight excluding hydrogens is 292 g/mol. The molecule has 1 aromatic carbocycles. The smallest absolute Gasteiger partial charge is 0.321 e. The van der Waals surface area contributed by atoms with E-state index in [0.717, 1.165) is 18.4 Å². The van der Waals surface area contributed by atoms with Crippen molar-refractivity contribution >= 4 is 29.3 Å². The number of esters is 1. The van der Waals surface area contributed by atoms with E-state index in [1.54, 1.807) is 17.0 Å². The highest BCUT2D eigenvalue weighted by Gasteiger charge is 2.29. The van der Waals surface area contributed by atoms with Crippen LogP contribution in [0.4, 0.5) is 10.5 Å². The van der Waals surface area contributed by atoms with Crippen molar-refractivity contribution in [1.82, 2.24) is 4.90 Å². The minimum atomic E-state index is -0.258. The van der Waals surface area contributed by atoms with Crippen LogP contribution in [0.5, 0.6) is 0 Å². The van der Waals surface area contributed by atoms with E-state index < -0.39 is 0 Å². The number of carbonyl (C=O) groups excluding carboxylic acids is 2. The molecule has 1 heterocycles. The summed E-state index contributed by atoms with van der Waals surface area (Å²) < 4.78 is 4.75. The van der Waals surface area contributed by atoms with Gasteiger partial charge in [-0.15, -0.1) is 0 Å². The zero-order valence-corrected chi connectivity index (χ0v) is 12.9. The number of benzene rings is 1. The summed E-state index contributed by atoms with van der Waals surface area (Å²) in [4.78, 5) is 25.5. The van der Waals surface area contributed by atoms with Crippen LogP contribution in [0, 0.1) is 12.8 Å². The lowest BCUT2D eigenvalue weighted by Crippen LogP contribution is -2.44. The van der Waals surface area contributed by atoms with Crippen LogP contribution in [0.2, 0.25) is 5.02 Å². The van der Waals surface area contributed by atoms with Gasteiger partial charge in [0.25, 0.3) is 0 Å². The Morgan fingerprint density at radius 2 is 2.19 bits per heavy atom. The molecule has 1 atom stereocenters. The number of rotatable bonds is 2. The number of halogens is 1. The second-order valence-electron chi connectivity index (χ2n) is 5.20. The normalized spacial score (nSPS) is 18.2. The third kappa shape index (κ3) is 3.88. The zero-order valence-electron chi connectivity index (χ0n) is 12.2. The molecule has 21 heavy (non-hydrogen) atoms. The van der Waals surface area contributed by atoms with Gasteiger partial charge in [-0.2, -0.15) is 0 Å². The molecule has 0 spiro atoms. The highest BCUT2D eigenvalue weighted by molar-refractivity contribution is 6.31. The van der Waals surface area contributed by atoms with E-state index >= 15 is 0 Å². The molecule has 1 aliphatic heterocycles. The Kier molecular flexibility index (Phi) is 5.07. The highest BCUT2D eigenvalue weighted by atomic mass is 35.5. The third-order valence-electron chi connectivity index (χ3n) is 3.67. The van der Waals surface area contributed by atoms with Crippen LogP contribution < -0.4 is 5.32 Å². The van der Waals surface area contributed by atoms with Gasteiger partial charge in [-0.25, -0.2) is 4.79 Å². The van der Waals surface area contributed by atoms with Gasteiger partial charge in [0, 0.05) is 23.8 Å². The molecule has 0 aliphatic carbocycles. The van der Waals surface area contributed by atoms with Gasteiger partial charge in [0.1, 0.15) is 0 Å². The Morgan fingerprint density at radius 1 is 1.43 bits per heavy atom. The summed E-state index contributed by atoms with van der Waals surface area (Å²) in [5.41, 5.74) is 1.61. The molecule has 2 amide bonds. The largest absolute Gasteiger partial charge is 0.469 e. The number of anilines is 1. The first-order chi connectivity index (χ1) is 10.0. The van der Waals surface area contributed by atoms with E-state index in [9.17, 15) is 9.59 Å². The van der Waals surface area contributed by atoms with Crippen molar-refractivity contribution in [3.8, 4) is 0 Å². The minimum Gasteiger partial charge on any atom is -0.469 e. The first-order valence-corrected chi connectivity index (χ1v) is 7.29. The van der Waals surface area contributed by atoms with Crippen molar-refractivity contribution in [2.45, 2.75) is 19.8 Å². The highest BCUT2D eigenvalue weighted by Crippen LogP contribution is 2.22. The number of amides is 2. The van der Waals surface area contributed by atoms with E-state index in [2.05, 4.69) is 5.32 Å². The SMILES string of the molecule is COC(=O)C1CCCN(C(=O)Nc2ccc(C)c(Cl)c2)C1. The average Bonchev–Trinajstić information content (AvgIpc) is 2.50. The van der Waals surface area contributed by atoms with Gasteiger partial charge < -0.3 is 15.0 Å². The maximum Gasteiger partial charge on any atom is 0.321 e. The van der Waals surface area contributed by atoms with Crippen molar-refractivity contribution in [1.29, 1.82) is 0 Å². The fourth-order valence-corrected chi connectivity index (χ4v) is 2.57. The zero-order chi connectivity index (χ0) is 15.4. The number of urea groups is 1.